The Morgan fingerprint density at radius 1 is 0.220 bits per heavy atom. The number of para-hydroxylation sites is 2. The molecule has 7 heteroatoms. The first-order valence-electron chi connectivity index (χ1n) is 30.8. The molecule has 0 aliphatic heterocycles. The predicted molar refractivity (Wildman–Crippen MR) is 392 cm³/mol. The van der Waals surface area contributed by atoms with Gasteiger partial charge in [-0.3, -0.25) is 0 Å². The van der Waals surface area contributed by atoms with Gasteiger partial charge in [-0.15, -0.1) is 34.0 Å². The number of hydrogen-bond donors (Lipinski definition) is 0. The van der Waals surface area contributed by atoms with E-state index in [9.17, 15) is 0 Å². The molecule has 0 bridgehead atoms. The average Bonchev–Trinajstić information content (AvgIpc) is 1.63. The van der Waals surface area contributed by atoms with Crippen LogP contribution in [-0.4, -0.2) is 0 Å². The predicted octanol–water partition coefficient (Wildman–Crippen LogP) is 26.3. The van der Waals surface area contributed by atoms with E-state index in [1.807, 2.05) is 34.0 Å². The highest BCUT2D eigenvalue weighted by Gasteiger charge is 2.24. The summed E-state index contributed by atoms with van der Waals surface area (Å²) in [5.41, 5.74) is 14.7. The van der Waals surface area contributed by atoms with Crippen LogP contribution in [0.25, 0.3) is 159 Å². The molecule has 15 aromatic carbocycles. The fourth-order valence-corrected chi connectivity index (χ4v) is 18.5. The number of nitrogens with zero attached hydrogens (tertiary/aromatic N) is 2. The highest BCUT2D eigenvalue weighted by atomic mass is 32.1. The van der Waals surface area contributed by atoms with Gasteiger partial charge in [0.05, 0.1) is 0 Å². The summed E-state index contributed by atoms with van der Waals surface area (Å²) in [7, 11) is 0. The van der Waals surface area contributed by atoms with Gasteiger partial charge < -0.3 is 18.6 Å². The van der Waals surface area contributed by atoms with Crippen molar-refractivity contribution in [3.63, 3.8) is 0 Å². The van der Waals surface area contributed by atoms with Crippen molar-refractivity contribution in [2.75, 3.05) is 9.80 Å². The van der Waals surface area contributed by atoms with Crippen LogP contribution in [0.15, 0.2) is 300 Å². The van der Waals surface area contributed by atoms with Crippen molar-refractivity contribution < 1.29 is 8.83 Å². The Morgan fingerprint density at radius 3 is 1.34 bits per heavy atom. The monoisotopic (exact) mass is 1210 g/mol. The highest BCUT2D eigenvalue weighted by Crippen LogP contribution is 2.51. The lowest BCUT2D eigenvalue weighted by Crippen LogP contribution is -2.09. The molecule has 0 fully saturated rings. The SMILES string of the molecule is c1ccc(N(c2ccc(-c3ccc(-c4cccc5c4ccc4sc6c(ccc7oc8cc(N(c9ccccc9)c9ccc%10c(c9)sc9ccccc9%10)ccc8c76)c45)c4ccccc34)cc2)c2ccc3c(c2)oc2ccc4c(sc5ccc6ccccc6c54)c23)cc1. The molecular weight excluding hydrogens is 1170 g/mol. The lowest BCUT2D eigenvalue weighted by molar-refractivity contribution is 0.669. The lowest BCUT2D eigenvalue weighted by atomic mass is 9.89. The van der Waals surface area contributed by atoms with Crippen LogP contribution >= 0.6 is 34.0 Å². The largest absolute Gasteiger partial charge is 0.456 e. The summed E-state index contributed by atoms with van der Waals surface area (Å²) in [4.78, 5) is 4.68. The molecule has 424 valence electrons. The Kier molecular flexibility index (Phi) is 11.0. The van der Waals surface area contributed by atoms with Gasteiger partial charge in [-0.2, -0.15) is 0 Å². The van der Waals surface area contributed by atoms with Crippen LogP contribution in [-0.2, 0) is 0 Å². The van der Waals surface area contributed by atoms with Crippen molar-refractivity contribution in [3.8, 4) is 22.3 Å². The molecule has 91 heavy (non-hydrogen) atoms. The molecule has 0 aliphatic carbocycles. The molecule has 5 aromatic heterocycles. The Balaban J connectivity index is 0.652. The molecule has 0 atom stereocenters. The third kappa shape index (κ3) is 7.73. The molecule has 0 N–H and O–H groups in total. The molecular formula is C84H48N2O2S3. The Labute approximate surface area is 533 Å². The minimum atomic E-state index is 0.870. The van der Waals surface area contributed by atoms with Crippen LogP contribution in [0.2, 0.25) is 0 Å². The van der Waals surface area contributed by atoms with Crippen molar-refractivity contribution in [1.82, 2.24) is 0 Å². The first kappa shape index (κ1) is 50.9. The molecule has 0 aliphatic rings. The summed E-state index contributed by atoms with van der Waals surface area (Å²) in [6, 6.07) is 107. The Hall–Kier alpha value is -11.1. The molecule has 0 amide bonds. The van der Waals surface area contributed by atoms with Crippen LogP contribution in [0.4, 0.5) is 34.1 Å². The van der Waals surface area contributed by atoms with E-state index >= 15 is 0 Å². The summed E-state index contributed by atoms with van der Waals surface area (Å²) in [6.45, 7) is 0. The molecule has 0 unspecified atom stereocenters. The maximum atomic E-state index is 6.85. The Bertz CT molecular complexity index is 6410. The zero-order valence-corrected chi connectivity index (χ0v) is 51.1. The van der Waals surface area contributed by atoms with Crippen LogP contribution in [0.1, 0.15) is 0 Å². The van der Waals surface area contributed by atoms with Gasteiger partial charge in [0.15, 0.2) is 0 Å². The summed E-state index contributed by atoms with van der Waals surface area (Å²) in [5, 5.41) is 19.8. The number of fused-ring (bicyclic) bond motifs is 22. The number of rotatable bonds is 8. The summed E-state index contributed by atoms with van der Waals surface area (Å²) in [6.07, 6.45) is 0. The normalized spacial score (nSPS) is 12.2. The minimum Gasteiger partial charge on any atom is -0.456 e. The summed E-state index contributed by atoms with van der Waals surface area (Å²) >= 11 is 5.56. The van der Waals surface area contributed by atoms with E-state index in [0.717, 1.165) is 78.2 Å². The molecule has 0 saturated carbocycles. The van der Waals surface area contributed by atoms with Crippen LogP contribution in [0.5, 0.6) is 0 Å². The van der Waals surface area contributed by atoms with Gasteiger partial charge in [0.2, 0.25) is 0 Å². The third-order valence-electron chi connectivity index (χ3n) is 18.8. The topological polar surface area (TPSA) is 32.8 Å². The van der Waals surface area contributed by atoms with Gasteiger partial charge in [0.25, 0.3) is 0 Å². The first-order valence-corrected chi connectivity index (χ1v) is 33.2. The number of thiophene rings is 3. The van der Waals surface area contributed by atoms with Crippen LogP contribution < -0.4 is 9.80 Å². The highest BCUT2D eigenvalue weighted by molar-refractivity contribution is 7.27. The molecule has 0 saturated heterocycles. The molecule has 20 aromatic rings. The van der Waals surface area contributed by atoms with Crippen molar-refractivity contribution in [1.29, 1.82) is 0 Å². The number of benzene rings is 15. The molecule has 0 spiro atoms. The fraction of sp³-hybridized carbons (Fsp3) is 0. The number of anilines is 6. The minimum absolute atomic E-state index is 0.870. The fourth-order valence-electron chi connectivity index (χ4n) is 14.8. The zero-order valence-electron chi connectivity index (χ0n) is 48.6. The zero-order chi connectivity index (χ0) is 59.4. The van der Waals surface area contributed by atoms with E-state index in [-0.39, 0.29) is 0 Å². The van der Waals surface area contributed by atoms with E-state index in [4.69, 9.17) is 8.83 Å². The number of furan rings is 2. The standard InChI is InChI=1S/C84H48N2O2S3/c1-3-15-51(16-4-1)85(54-32-35-67-73(46-54)87-71-42-39-69-79-58-19-8-7-14-49(58)28-44-76(79)90-83(69)81(67)71)53-29-26-50(27-30-53)57-37-38-62(60-21-10-9-20-59(57)60)61-23-13-24-66-63(61)41-45-77-80(66)70-40-43-72-82(84(70)91-77)68-36-33-55(47-74(68)88-72)86(52-17-5-2-6-18-52)56-31-34-65-64-22-11-12-25-75(64)89-78(65)48-56/h1-48H. The first-order chi connectivity index (χ1) is 45.1. The van der Waals surface area contributed by atoms with E-state index in [1.54, 1.807) is 0 Å². The maximum absolute atomic E-state index is 6.85. The quantitative estimate of drug-likeness (QED) is 0.152. The van der Waals surface area contributed by atoms with Gasteiger partial charge >= 0.3 is 0 Å². The van der Waals surface area contributed by atoms with Gasteiger partial charge in [-0.05, 0) is 170 Å². The van der Waals surface area contributed by atoms with Gasteiger partial charge in [0.1, 0.15) is 22.3 Å². The van der Waals surface area contributed by atoms with Crippen LogP contribution in [0, 0.1) is 0 Å². The number of hydrogen-bond acceptors (Lipinski definition) is 7. The third-order valence-corrected chi connectivity index (χ3v) is 22.4. The van der Waals surface area contributed by atoms with Gasteiger partial charge in [-0.25, -0.2) is 0 Å². The van der Waals surface area contributed by atoms with Crippen molar-refractivity contribution in [3.05, 3.63) is 291 Å². The maximum Gasteiger partial charge on any atom is 0.137 e. The smallest absolute Gasteiger partial charge is 0.137 e. The van der Waals surface area contributed by atoms with Crippen molar-refractivity contribution >= 4 is 205 Å². The summed E-state index contributed by atoms with van der Waals surface area (Å²) in [5.74, 6) is 0. The molecule has 0 radical (unpaired) electrons. The Morgan fingerprint density at radius 2 is 0.670 bits per heavy atom. The van der Waals surface area contributed by atoms with Gasteiger partial charge in [-0.1, -0.05) is 164 Å². The van der Waals surface area contributed by atoms with E-state index in [1.165, 1.54) is 115 Å². The molecule has 20 rings (SSSR count). The summed E-state index contributed by atoms with van der Waals surface area (Å²) < 4.78 is 21.3. The average molecular weight is 1210 g/mol. The molecule has 5 heterocycles. The van der Waals surface area contributed by atoms with E-state index in [2.05, 4.69) is 301 Å². The van der Waals surface area contributed by atoms with E-state index < -0.39 is 0 Å². The second-order valence-corrected chi connectivity index (χ2v) is 27.0. The van der Waals surface area contributed by atoms with Gasteiger partial charge in [0, 0.05) is 128 Å². The second-order valence-electron chi connectivity index (χ2n) is 23.8. The van der Waals surface area contributed by atoms with Crippen molar-refractivity contribution in [2.45, 2.75) is 0 Å². The molecule has 4 nitrogen and oxygen atoms in total. The van der Waals surface area contributed by atoms with Crippen molar-refractivity contribution in [2.24, 2.45) is 0 Å². The van der Waals surface area contributed by atoms with Crippen LogP contribution in [0.3, 0.4) is 0 Å². The van der Waals surface area contributed by atoms with E-state index in [0.29, 0.717) is 0 Å². The lowest BCUT2D eigenvalue weighted by Gasteiger charge is -2.25. The second kappa shape index (κ2) is 19.7.